The number of amides is 1. The van der Waals surface area contributed by atoms with Crippen molar-refractivity contribution in [2.75, 3.05) is 32.9 Å². The SMILES string of the molecule is C[C@@]12CO[C@@H](Cc3ccccc3)O[C@@H]1CC[C@]1(C)C2CC[C@@H](O)[C@H]1CC(=O)N1CCOCC1. The molecule has 2 saturated heterocycles. The summed E-state index contributed by atoms with van der Waals surface area (Å²) in [4.78, 5) is 15.0. The molecule has 4 fully saturated rings. The maximum Gasteiger partial charge on any atom is 0.223 e. The lowest BCUT2D eigenvalue weighted by Crippen LogP contribution is -2.63. The largest absolute Gasteiger partial charge is 0.393 e. The van der Waals surface area contributed by atoms with Crippen molar-refractivity contribution in [3.63, 3.8) is 0 Å². The van der Waals surface area contributed by atoms with Crippen LogP contribution < -0.4 is 0 Å². The highest BCUT2D eigenvalue weighted by Crippen LogP contribution is 2.62. The van der Waals surface area contributed by atoms with E-state index in [1.807, 2.05) is 11.0 Å². The first kappa shape index (κ1) is 23.3. The lowest BCUT2D eigenvalue weighted by molar-refractivity contribution is -0.308. The minimum absolute atomic E-state index is 0.0218. The number of nitrogens with zero attached hydrogens (tertiary/aromatic N) is 1. The number of rotatable bonds is 4. The van der Waals surface area contributed by atoms with Crippen LogP contribution in [0.3, 0.4) is 0 Å². The van der Waals surface area contributed by atoms with Gasteiger partial charge in [0.05, 0.1) is 32.0 Å². The topological polar surface area (TPSA) is 68.2 Å². The van der Waals surface area contributed by atoms with E-state index in [0.717, 1.165) is 32.1 Å². The fourth-order valence-corrected chi connectivity index (χ4v) is 7.33. The summed E-state index contributed by atoms with van der Waals surface area (Å²) in [5.41, 5.74) is 1.04. The van der Waals surface area contributed by atoms with E-state index in [1.54, 1.807) is 0 Å². The molecule has 6 heteroatoms. The van der Waals surface area contributed by atoms with E-state index in [1.165, 1.54) is 5.56 Å². The summed E-state index contributed by atoms with van der Waals surface area (Å²) in [6.07, 6.45) is 4.36. The monoisotopic (exact) mass is 457 g/mol. The maximum atomic E-state index is 13.1. The Morgan fingerprint density at radius 2 is 1.85 bits per heavy atom. The van der Waals surface area contributed by atoms with Crippen molar-refractivity contribution in [3.8, 4) is 0 Å². The molecule has 4 aliphatic rings. The van der Waals surface area contributed by atoms with Crippen LogP contribution in [0.25, 0.3) is 0 Å². The Morgan fingerprint density at radius 3 is 2.61 bits per heavy atom. The zero-order valence-corrected chi connectivity index (χ0v) is 20.1. The normalized spacial score (nSPS) is 41.2. The van der Waals surface area contributed by atoms with E-state index < -0.39 is 6.10 Å². The summed E-state index contributed by atoms with van der Waals surface area (Å²) >= 11 is 0. The maximum absolute atomic E-state index is 13.1. The predicted molar refractivity (Wildman–Crippen MR) is 124 cm³/mol. The number of fused-ring (bicyclic) bond motifs is 3. The highest BCUT2D eigenvalue weighted by Gasteiger charge is 2.61. The zero-order chi connectivity index (χ0) is 23.1. The van der Waals surface area contributed by atoms with Gasteiger partial charge in [-0.25, -0.2) is 0 Å². The van der Waals surface area contributed by atoms with Crippen LogP contribution in [-0.2, 0) is 25.4 Å². The molecule has 1 unspecified atom stereocenters. The van der Waals surface area contributed by atoms with E-state index >= 15 is 0 Å². The molecule has 33 heavy (non-hydrogen) atoms. The first-order chi connectivity index (χ1) is 15.9. The van der Waals surface area contributed by atoms with Gasteiger partial charge in [-0.15, -0.1) is 0 Å². The van der Waals surface area contributed by atoms with Gasteiger partial charge < -0.3 is 24.2 Å². The molecule has 1 amide bonds. The fourth-order valence-electron chi connectivity index (χ4n) is 7.33. The number of hydrogen-bond acceptors (Lipinski definition) is 5. The summed E-state index contributed by atoms with van der Waals surface area (Å²) in [5, 5.41) is 11.0. The molecule has 182 valence electrons. The highest BCUT2D eigenvalue weighted by molar-refractivity contribution is 5.76. The third-order valence-electron chi connectivity index (χ3n) is 9.24. The van der Waals surface area contributed by atoms with Gasteiger partial charge in [0.1, 0.15) is 0 Å². The van der Waals surface area contributed by atoms with Gasteiger partial charge in [-0.05, 0) is 48.5 Å². The predicted octanol–water partition coefficient (Wildman–Crippen LogP) is 3.41. The Labute approximate surface area is 197 Å². The van der Waals surface area contributed by atoms with E-state index in [0.29, 0.717) is 45.2 Å². The number of aliphatic hydroxyl groups excluding tert-OH is 1. The average molecular weight is 458 g/mol. The molecule has 1 aromatic carbocycles. The van der Waals surface area contributed by atoms with Crippen LogP contribution in [0, 0.1) is 22.7 Å². The molecule has 6 nitrogen and oxygen atoms in total. The smallest absolute Gasteiger partial charge is 0.223 e. The van der Waals surface area contributed by atoms with Gasteiger partial charge in [0.2, 0.25) is 5.91 Å². The van der Waals surface area contributed by atoms with E-state index in [2.05, 4.69) is 38.1 Å². The Kier molecular flexibility index (Phi) is 6.55. The average Bonchev–Trinajstić information content (AvgIpc) is 2.83. The summed E-state index contributed by atoms with van der Waals surface area (Å²) in [5.74, 6) is 0.509. The Hall–Kier alpha value is -1.47. The lowest BCUT2D eigenvalue weighted by Gasteiger charge is -2.63. The summed E-state index contributed by atoms with van der Waals surface area (Å²) in [6.45, 7) is 7.84. The van der Waals surface area contributed by atoms with Crippen LogP contribution in [-0.4, -0.2) is 67.3 Å². The summed E-state index contributed by atoms with van der Waals surface area (Å²) in [6, 6.07) is 10.4. The molecule has 2 saturated carbocycles. The third kappa shape index (κ3) is 4.36. The first-order valence-corrected chi connectivity index (χ1v) is 12.7. The number of aliphatic hydroxyl groups is 1. The van der Waals surface area contributed by atoms with Gasteiger partial charge in [-0.3, -0.25) is 4.79 Å². The first-order valence-electron chi connectivity index (χ1n) is 12.7. The number of carbonyl (C=O) groups is 1. The van der Waals surface area contributed by atoms with Crippen molar-refractivity contribution in [2.24, 2.45) is 22.7 Å². The second-order valence-corrected chi connectivity index (χ2v) is 11.1. The fraction of sp³-hybridized carbons (Fsp3) is 0.741. The van der Waals surface area contributed by atoms with Crippen molar-refractivity contribution >= 4 is 5.91 Å². The van der Waals surface area contributed by atoms with Crippen molar-refractivity contribution in [1.82, 2.24) is 4.90 Å². The molecule has 1 aromatic rings. The Balaban J connectivity index is 1.30. The molecule has 2 heterocycles. The quantitative estimate of drug-likeness (QED) is 0.751. The zero-order valence-electron chi connectivity index (χ0n) is 20.1. The van der Waals surface area contributed by atoms with E-state index in [9.17, 15) is 9.90 Å². The molecule has 0 aromatic heterocycles. The van der Waals surface area contributed by atoms with Gasteiger partial charge in [0.25, 0.3) is 0 Å². The second-order valence-electron chi connectivity index (χ2n) is 11.1. The number of carbonyl (C=O) groups excluding carboxylic acids is 1. The van der Waals surface area contributed by atoms with Gasteiger partial charge in [-0.1, -0.05) is 44.2 Å². The minimum atomic E-state index is -0.423. The number of benzene rings is 1. The highest BCUT2D eigenvalue weighted by atomic mass is 16.7. The molecule has 7 atom stereocenters. The molecule has 2 aliphatic carbocycles. The van der Waals surface area contributed by atoms with Gasteiger partial charge in [-0.2, -0.15) is 0 Å². The number of morpholine rings is 1. The summed E-state index contributed by atoms with van der Waals surface area (Å²) in [7, 11) is 0. The second kappa shape index (κ2) is 9.29. The standard InChI is InChI=1S/C27H39NO5/c1-26-11-10-23-27(2,18-32-25(33-23)16-19-6-4-3-5-7-19)22(26)9-8-21(29)20(26)17-24(30)28-12-14-31-15-13-28/h3-7,20-23,25,29H,8-18H2,1-2H3/t20-,21-,22?,23-,25-,26+,27+/m1/s1. The van der Waals surface area contributed by atoms with Crippen LogP contribution in [0.4, 0.5) is 0 Å². The van der Waals surface area contributed by atoms with Crippen LogP contribution >= 0.6 is 0 Å². The molecule has 0 bridgehead atoms. The Morgan fingerprint density at radius 1 is 1.09 bits per heavy atom. The van der Waals surface area contributed by atoms with Crippen LogP contribution in [0.1, 0.15) is 51.5 Å². The molecule has 0 radical (unpaired) electrons. The molecular formula is C27H39NO5. The Bertz CT molecular complexity index is 827. The van der Waals surface area contributed by atoms with E-state index in [4.69, 9.17) is 14.2 Å². The van der Waals surface area contributed by atoms with Crippen LogP contribution in [0.15, 0.2) is 30.3 Å². The van der Waals surface area contributed by atoms with Crippen LogP contribution in [0.5, 0.6) is 0 Å². The van der Waals surface area contributed by atoms with E-state index in [-0.39, 0.29) is 35.0 Å². The lowest BCUT2D eigenvalue weighted by atomic mass is 9.46. The van der Waals surface area contributed by atoms with Crippen molar-refractivity contribution in [2.45, 2.75) is 70.9 Å². The van der Waals surface area contributed by atoms with Crippen molar-refractivity contribution in [1.29, 1.82) is 0 Å². The molecule has 0 spiro atoms. The van der Waals surface area contributed by atoms with Crippen molar-refractivity contribution < 1.29 is 24.1 Å². The van der Waals surface area contributed by atoms with Crippen LogP contribution in [0.2, 0.25) is 0 Å². The molecular weight excluding hydrogens is 418 g/mol. The minimum Gasteiger partial charge on any atom is -0.393 e. The number of ether oxygens (including phenoxy) is 3. The van der Waals surface area contributed by atoms with Gasteiger partial charge in [0.15, 0.2) is 6.29 Å². The summed E-state index contributed by atoms with van der Waals surface area (Å²) < 4.78 is 18.3. The van der Waals surface area contributed by atoms with Gasteiger partial charge in [0, 0.05) is 31.3 Å². The molecule has 1 N–H and O–H groups in total. The molecule has 2 aliphatic heterocycles. The van der Waals surface area contributed by atoms with Crippen molar-refractivity contribution in [3.05, 3.63) is 35.9 Å². The molecule has 5 rings (SSSR count). The number of hydrogen-bond donors (Lipinski definition) is 1. The third-order valence-corrected chi connectivity index (χ3v) is 9.24. The van der Waals surface area contributed by atoms with Gasteiger partial charge >= 0.3 is 0 Å².